The summed E-state index contributed by atoms with van der Waals surface area (Å²) in [7, 11) is 1.82. The van der Waals surface area contributed by atoms with Gasteiger partial charge in [0.2, 0.25) is 0 Å². The maximum absolute atomic E-state index is 4.48. The first-order valence-electron chi connectivity index (χ1n) is 8.77. The van der Waals surface area contributed by atoms with Crippen molar-refractivity contribution in [2.75, 3.05) is 20.1 Å². The molecule has 0 saturated carbocycles. The lowest BCUT2D eigenvalue weighted by molar-refractivity contribution is 0.360. The predicted octanol–water partition coefficient (Wildman–Crippen LogP) is 3.27. The fourth-order valence-electron chi connectivity index (χ4n) is 2.54. The van der Waals surface area contributed by atoms with E-state index in [1.165, 1.54) is 25.0 Å². The fraction of sp³-hybridized carbons (Fsp3) is 0.778. The third-order valence-electron chi connectivity index (χ3n) is 3.81. The van der Waals surface area contributed by atoms with E-state index in [4.69, 9.17) is 0 Å². The van der Waals surface area contributed by atoms with E-state index in [2.05, 4.69) is 59.2 Å². The lowest BCUT2D eigenvalue weighted by atomic mass is 9.90. The number of aryl methyl sites for hydroxylation is 3. The Kier molecular flexibility index (Phi) is 8.13. The first-order valence-corrected chi connectivity index (χ1v) is 8.77. The van der Waals surface area contributed by atoms with Crippen molar-refractivity contribution in [2.24, 2.45) is 10.4 Å². The molecule has 0 aliphatic carbocycles. The van der Waals surface area contributed by atoms with Crippen LogP contribution in [-0.4, -0.2) is 35.9 Å². The number of aromatic nitrogens is 2. The molecule has 0 amide bonds. The van der Waals surface area contributed by atoms with Gasteiger partial charge in [0.25, 0.3) is 0 Å². The highest BCUT2D eigenvalue weighted by atomic mass is 15.3. The highest BCUT2D eigenvalue weighted by Crippen LogP contribution is 2.21. The van der Waals surface area contributed by atoms with Crippen LogP contribution in [0.1, 0.15) is 57.8 Å². The molecule has 0 unspecified atom stereocenters. The summed E-state index contributed by atoms with van der Waals surface area (Å²) in [6, 6.07) is 2.12. The Morgan fingerprint density at radius 1 is 1.13 bits per heavy atom. The topological polar surface area (TPSA) is 54.2 Å². The van der Waals surface area contributed by atoms with E-state index >= 15 is 0 Å². The second-order valence-electron chi connectivity index (χ2n) is 7.45. The maximum Gasteiger partial charge on any atom is 0.190 e. The zero-order chi connectivity index (χ0) is 17.3. The molecule has 1 aromatic heterocycles. The molecule has 0 aromatic carbocycles. The number of guanidine groups is 1. The second kappa shape index (κ2) is 9.58. The number of hydrogen-bond donors (Lipinski definition) is 2. The van der Waals surface area contributed by atoms with Crippen LogP contribution in [0.3, 0.4) is 0 Å². The second-order valence-corrected chi connectivity index (χ2v) is 7.45. The molecular formula is C18H35N5. The average Bonchev–Trinajstić information content (AvgIpc) is 2.77. The van der Waals surface area contributed by atoms with E-state index in [0.717, 1.165) is 37.7 Å². The van der Waals surface area contributed by atoms with Crippen molar-refractivity contribution in [1.29, 1.82) is 0 Å². The van der Waals surface area contributed by atoms with Gasteiger partial charge in [0, 0.05) is 32.4 Å². The van der Waals surface area contributed by atoms with E-state index in [9.17, 15) is 0 Å². The Bertz CT molecular complexity index is 482. The Labute approximate surface area is 142 Å². The largest absolute Gasteiger partial charge is 0.356 e. The van der Waals surface area contributed by atoms with Gasteiger partial charge < -0.3 is 10.6 Å². The van der Waals surface area contributed by atoms with Gasteiger partial charge in [-0.15, -0.1) is 0 Å². The SMILES string of the molecule is CN=C(NCCCCC(C)(C)C)NCCCn1nc(C)cc1C. The van der Waals surface area contributed by atoms with Crippen LogP contribution in [0.4, 0.5) is 0 Å². The molecule has 1 heterocycles. The fourth-order valence-corrected chi connectivity index (χ4v) is 2.54. The van der Waals surface area contributed by atoms with Gasteiger partial charge in [0.05, 0.1) is 5.69 Å². The van der Waals surface area contributed by atoms with Gasteiger partial charge in [-0.25, -0.2) is 0 Å². The number of hydrogen-bond acceptors (Lipinski definition) is 2. The minimum atomic E-state index is 0.433. The average molecular weight is 322 g/mol. The molecule has 0 fully saturated rings. The van der Waals surface area contributed by atoms with Crippen LogP contribution in [0.15, 0.2) is 11.1 Å². The van der Waals surface area contributed by atoms with Gasteiger partial charge in [0.15, 0.2) is 5.96 Å². The minimum Gasteiger partial charge on any atom is -0.356 e. The number of nitrogens with zero attached hydrogens (tertiary/aromatic N) is 3. The van der Waals surface area contributed by atoms with E-state index in [1.807, 2.05) is 14.0 Å². The highest BCUT2D eigenvalue weighted by Gasteiger charge is 2.08. The number of nitrogens with one attached hydrogen (secondary N) is 2. The van der Waals surface area contributed by atoms with E-state index in [1.54, 1.807) is 0 Å². The Morgan fingerprint density at radius 2 is 1.78 bits per heavy atom. The lowest BCUT2D eigenvalue weighted by Gasteiger charge is -2.18. The summed E-state index contributed by atoms with van der Waals surface area (Å²) in [5.74, 6) is 0.897. The molecule has 0 radical (unpaired) electrons. The third-order valence-corrected chi connectivity index (χ3v) is 3.81. The number of rotatable bonds is 8. The van der Waals surface area contributed by atoms with Gasteiger partial charge in [-0.05, 0) is 44.6 Å². The van der Waals surface area contributed by atoms with Crippen LogP contribution in [-0.2, 0) is 6.54 Å². The molecule has 0 aliphatic rings. The van der Waals surface area contributed by atoms with Crippen LogP contribution in [0.5, 0.6) is 0 Å². The monoisotopic (exact) mass is 321 g/mol. The van der Waals surface area contributed by atoms with Crippen molar-refractivity contribution in [3.05, 3.63) is 17.5 Å². The van der Waals surface area contributed by atoms with Crippen molar-refractivity contribution >= 4 is 5.96 Å². The quantitative estimate of drug-likeness (QED) is 0.439. The summed E-state index contributed by atoms with van der Waals surface area (Å²) in [4.78, 5) is 4.27. The molecule has 1 aromatic rings. The molecule has 1 rings (SSSR count). The summed E-state index contributed by atoms with van der Waals surface area (Å²) in [6.45, 7) is 13.8. The third kappa shape index (κ3) is 8.62. The molecule has 5 nitrogen and oxygen atoms in total. The highest BCUT2D eigenvalue weighted by molar-refractivity contribution is 5.79. The van der Waals surface area contributed by atoms with Crippen LogP contribution in [0.25, 0.3) is 0 Å². The van der Waals surface area contributed by atoms with E-state index in [-0.39, 0.29) is 0 Å². The Balaban J connectivity index is 2.13. The summed E-state index contributed by atoms with van der Waals surface area (Å²) < 4.78 is 2.07. The smallest absolute Gasteiger partial charge is 0.190 e. The summed E-state index contributed by atoms with van der Waals surface area (Å²) in [6.07, 6.45) is 4.74. The normalized spacial score (nSPS) is 12.5. The summed E-state index contributed by atoms with van der Waals surface area (Å²) >= 11 is 0. The molecular weight excluding hydrogens is 286 g/mol. The van der Waals surface area contributed by atoms with Crippen LogP contribution in [0.2, 0.25) is 0 Å². The van der Waals surface area contributed by atoms with Crippen LogP contribution < -0.4 is 10.6 Å². The molecule has 5 heteroatoms. The van der Waals surface area contributed by atoms with Gasteiger partial charge >= 0.3 is 0 Å². The van der Waals surface area contributed by atoms with Crippen molar-refractivity contribution in [3.8, 4) is 0 Å². The molecule has 0 atom stereocenters. The molecule has 132 valence electrons. The van der Waals surface area contributed by atoms with Crippen LogP contribution >= 0.6 is 0 Å². The van der Waals surface area contributed by atoms with E-state index in [0.29, 0.717) is 5.41 Å². The zero-order valence-electron chi connectivity index (χ0n) is 15.9. The maximum atomic E-state index is 4.48. The molecule has 2 N–H and O–H groups in total. The molecule has 0 aliphatic heterocycles. The van der Waals surface area contributed by atoms with Gasteiger partial charge in [-0.1, -0.05) is 27.2 Å². The predicted molar refractivity (Wildman–Crippen MR) is 99.0 cm³/mol. The standard InChI is InChI=1S/C18H35N5/c1-15-14-16(2)23(22-15)13-9-12-21-17(19-6)20-11-8-7-10-18(3,4)5/h14H,7-13H2,1-6H3,(H2,19,20,21). The number of unbranched alkanes of at least 4 members (excludes halogenated alkanes) is 1. The van der Waals surface area contributed by atoms with Crippen molar-refractivity contribution in [1.82, 2.24) is 20.4 Å². The van der Waals surface area contributed by atoms with Crippen molar-refractivity contribution in [3.63, 3.8) is 0 Å². The first-order chi connectivity index (χ1) is 10.8. The van der Waals surface area contributed by atoms with Gasteiger partial charge in [-0.2, -0.15) is 5.10 Å². The Morgan fingerprint density at radius 3 is 2.30 bits per heavy atom. The van der Waals surface area contributed by atoms with E-state index < -0.39 is 0 Å². The lowest BCUT2D eigenvalue weighted by Crippen LogP contribution is -2.38. The Hall–Kier alpha value is -1.52. The zero-order valence-corrected chi connectivity index (χ0v) is 15.9. The van der Waals surface area contributed by atoms with Gasteiger partial charge in [0.1, 0.15) is 0 Å². The van der Waals surface area contributed by atoms with Crippen LogP contribution in [0, 0.1) is 19.3 Å². The van der Waals surface area contributed by atoms with Crippen molar-refractivity contribution < 1.29 is 0 Å². The molecule has 23 heavy (non-hydrogen) atoms. The van der Waals surface area contributed by atoms with Gasteiger partial charge in [-0.3, -0.25) is 9.67 Å². The first kappa shape index (κ1) is 19.5. The van der Waals surface area contributed by atoms with Crippen molar-refractivity contribution in [2.45, 2.75) is 66.8 Å². The molecule has 0 saturated heterocycles. The molecule has 0 spiro atoms. The molecule has 0 bridgehead atoms. The summed E-state index contributed by atoms with van der Waals surface area (Å²) in [5.41, 5.74) is 2.75. The number of aliphatic imine (C=N–C) groups is 1. The summed E-state index contributed by atoms with van der Waals surface area (Å²) in [5, 5.41) is 11.2. The minimum absolute atomic E-state index is 0.433.